The maximum Gasteiger partial charge on any atom is 0.337 e. The number of ether oxygens (including phenoxy) is 1. The highest BCUT2D eigenvalue weighted by Gasteiger charge is 2.44. The lowest BCUT2D eigenvalue weighted by atomic mass is 10.0. The summed E-state index contributed by atoms with van der Waals surface area (Å²) in [4.78, 5) is 10.7. The summed E-state index contributed by atoms with van der Waals surface area (Å²) in [7, 11) is 1.65. The van der Waals surface area contributed by atoms with Crippen LogP contribution in [0.15, 0.2) is 24.3 Å². The molecule has 1 fully saturated rings. The smallest absolute Gasteiger partial charge is 0.337 e. The molecule has 16 heavy (non-hydrogen) atoms. The molecule has 1 atom stereocenters. The Morgan fingerprint density at radius 2 is 2.19 bits per heavy atom. The quantitative estimate of drug-likeness (QED) is 0.809. The number of hydrogen-bond acceptors (Lipinski definition) is 3. The van der Waals surface area contributed by atoms with E-state index in [2.05, 4.69) is 0 Å². The van der Waals surface area contributed by atoms with Crippen LogP contribution >= 0.6 is 0 Å². The van der Waals surface area contributed by atoms with E-state index in [1.54, 1.807) is 25.3 Å². The monoisotopic (exact) mass is 222 g/mol. The Hall–Kier alpha value is -1.39. The minimum Gasteiger partial charge on any atom is -0.479 e. The molecule has 0 radical (unpaired) electrons. The number of benzene rings is 1. The van der Waals surface area contributed by atoms with Crippen molar-refractivity contribution in [1.82, 2.24) is 0 Å². The Bertz CT molecular complexity index is 409. The molecular formula is C12H14O4. The molecule has 0 saturated heterocycles. The third-order valence-corrected chi connectivity index (χ3v) is 3.06. The average molecular weight is 222 g/mol. The zero-order valence-corrected chi connectivity index (χ0v) is 9.01. The second kappa shape index (κ2) is 3.88. The maximum absolute atomic E-state index is 10.7. The number of methoxy groups -OCH3 is 1. The molecule has 0 heterocycles. The van der Waals surface area contributed by atoms with Crippen LogP contribution in [0.4, 0.5) is 0 Å². The molecule has 2 rings (SSSR count). The van der Waals surface area contributed by atoms with E-state index in [1.165, 1.54) is 0 Å². The summed E-state index contributed by atoms with van der Waals surface area (Å²) < 4.78 is 5.40. The summed E-state index contributed by atoms with van der Waals surface area (Å²) in [5, 5.41) is 18.2. The number of aliphatic carboxylic acids is 1. The molecule has 1 aromatic rings. The van der Waals surface area contributed by atoms with Crippen molar-refractivity contribution in [1.29, 1.82) is 0 Å². The molecule has 0 aromatic heterocycles. The lowest BCUT2D eigenvalue weighted by Gasteiger charge is -2.15. The van der Waals surface area contributed by atoms with Crippen molar-refractivity contribution < 1.29 is 19.7 Å². The third kappa shape index (κ3) is 1.81. The van der Waals surface area contributed by atoms with Gasteiger partial charge in [0.2, 0.25) is 0 Å². The van der Waals surface area contributed by atoms with Gasteiger partial charge in [-0.25, -0.2) is 4.79 Å². The van der Waals surface area contributed by atoms with Crippen LogP contribution < -0.4 is 0 Å². The topological polar surface area (TPSA) is 66.8 Å². The molecule has 4 heteroatoms. The molecule has 1 saturated carbocycles. The van der Waals surface area contributed by atoms with Gasteiger partial charge in [-0.15, -0.1) is 0 Å². The van der Waals surface area contributed by atoms with Crippen LogP contribution in [0.1, 0.15) is 30.1 Å². The van der Waals surface area contributed by atoms with Gasteiger partial charge >= 0.3 is 5.97 Å². The first-order valence-corrected chi connectivity index (χ1v) is 5.15. The van der Waals surface area contributed by atoms with E-state index in [1.807, 2.05) is 6.07 Å². The predicted molar refractivity (Wildman–Crippen MR) is 57.0 cm³/mol. The van der Waals surface area contributed by atoms with Gasteiger partial charge in [-0.05, 0) is 30.0 Å². The summed E-state index contributed by atoms with van der Waals surface area (Å²) in [6, 6.07) is 6.95. The Morgan fingerprint density at radius 3 is 2.69 bits per heavy atom. The number of hydrogen-bond donors (Lipinski definition) is 2. The lowest BCUT2D eigenvalue weighted by Crippen LogP contribution is -2.13. The van der Waals surface area contributed by atoms with E-state index in [0.29, 0.717) is 5.56 Å². The molecule has 86 valence electrons. The lowest BCUT2D eigenvalue weighted by molar-refractivity contribution is -0.146. The van der Waals surface area contributed by atoms with Crippen LogP contribution in [-0.2, 0) is 15.1 Å². The van der Waals surface area contributed by atoms with Crippen molar-refractivity contribution >= 4 is 5.97 Å². The van der Waals surface area contributed by atoms with Crippen molar-refractivity contribution in [3.63, 3.8) is 0 Å². The Balaban J connectivity index is 2.30. The van der Waals surface area contributed by atoms with Crippen molar-refractivity contribution in [2.45, 2.75) is 24.5 Å². The van der Waals surface area contributed by atoms with Gasteiger partial charge in [-0.3, -0.25) is 0 Å². The minimum atomic E-state index is -1.47. The molecular weight excluding hydrogens is 208 g/mol. The van der Waals surface area contributed by atoms with Gasteiger partial charge in [-0.1, -0.05) is 18.2 Å². The van der Waals surface area contributed by atoms with Crippen LogP contribution in [0.3, 0.4) is 0 Å². The Labute approximate surface area is 93.5 Å². The number of carboxylic acid groups (broad SMARTS) is 1. The fraction of sp³-hybridized carbons (Fsp3) is 0.417. The molecule has 0 amide bonds. The highest BCUT2D eigenvalue weighted by molar-refractivity contribution is 5.74. The Morgan fingerprint density at radius 1 is 1.50 bits per heavy atom. The molecule has 1 aliphatic carbocycles. The van der Waals surface area contributed by atoms with Gasteiger partial charge in [0.1, 0.15) is 0 Å². The van der Waals surface area contributed by atoms with E-state index in [4.69, 9.17) is 9.84 Å². The van der Waals surface area contributed by atoms with Gasteiger partial charge in [0.25, 0.3) is 0 Å². The van der Waals surface area contributed by atoms with E-state index in [-0.39, 0.29) is 5.60 Å². The molecule has 4 nitrogen and oxygen atoms in total. The predicted octanol–water partition coefficient (Wildman–Crippen LogP) is 1.44. The number of aliphatic hydroxyl groups is 1. The first-order valence-electron chi connectivity index (χ1n) is 5.15. The van der Waals surface area contributed by atoms with E-state index >= 15 is 0 Å². The first kappa shape index (κ1) is 11.1. The zero-order chi connectivity index (χ0) is 11.8. The third-order valence-electron chi connectivity index (χ3n) is 3.06. The minimum absolute atomic E-state index is 0.256. The van der Waals surface area contributed by atoms with E-state index in [0.717, 1.165) is 18.4 Å². The van der Waals surface area contributed by atoms with Crippen LogP contribution in [0.25, 0.3) is 0 Å². The summed E-state index contributed by atoms with van der Waals surface area (Å²) in [6.45, 7) is 0. The second-order valence-corrected chi connectivity index (χ2v) is 4.06. The average Bonchev–Trinajstić information content (AvgIpc) is 3.09. The van der Waals surface area contributed by atoms with Crippen molar-refractivity contribution in [2.24, 2.45) is 0 Å². The summed E-state index contributed by atoms with van der Waals surface area (Å²) in [6.07, 6.45) is 0.416. The van der Waals surface area contributed by atoms with Gasteiger partial charge in [0.05, 0.1) is 5.60 Å². The molecule has 1 aliphatic rings. The number of carbonyl (C=O) groups is 1. The molecule has 1 unspecified atom stereocenters. The van der Waals surface area contributed by atoms with Crippen molar-refractivity contribution in [2.75, 3.05) is 7.11 Å². The van der Waals surface area contributed by atoms with Crippen LogP contribution in [-0.4, -0.2) is 23.3 Å². The standard InChI is InChI=1S/C12H14O4/c1-16-12(5-6-12)9-4-2-3-8(7-9)10(13)11(14)15/h2-4,7,10,13H,5-6H2,1H3,(H,14,15). The fourth-order valence-electron chi connectivity index (χ4n) is 1.86. The maximum atomic E-state index is 10.7. The number of aliphatic hydroxyl groups excluding tert-OH is 1. The van der Waals surface area contributed by atoms with Gasteiger partial charge in [0, 0.05) is 7.11 Å². The first-order chi connectivity index (χ1) is 7.59. The molecule has 0 spiro atoms. The van der Waals surface area contributed by atoms with E-state index < -0.39 is 12.1 Å². The highest BCUT2D eigenvalue weighted by Crippen LogP contribution is 2.48. The zero-order valence-electron chi connectivity index (χ0n) is 9.01. The Kier molecular flexibility index (Phi) is 2.69. The van der Waals surface area contributed by atoms with Crippen LogP contribution in [0.5, 0.6) is 0 Å². The molecule has 0 aliphatic heterocycles. The van der Waals surface area contributed by atoms with Gasteiger partial charge in [0.15, 0.2) is 6.10 Å². The van der Waals surface area contributed by atoms with Crippen LogP contribution in [0.2, 0.25) is 0 Å². The summed E-state index contributed by atoms with van der Waals surface area (Å²) >= 11 is 0. The molecule has 2 N–H and O–H groups in total. The van der Waals surface area contributed by atoms with Crippen LogP contribution in [0, 0.1) is 0 Å². The largest absolute Gasteiger partial charge is 0.479 e. The molecule has 0 bridgehead atoms. The normalized spacial score (nSPS) is 19.1. The fourth-order valence-corrected chi connectivity index (χ4v) is 1.86. The number of carboxylic acids is 1. The highest BCUT2D eigenvalue weighted by atomic mass is 16.5. The SMILES string of the molecule is COC1(c2cccc(C(O)C(=O)O)c2)CC1. The number of rotatable bonds is 4. The van der Waals surface area contributed by atoms with Gasteiger partial charge in [-0.2, -0.15) is 0 Å². The molecule has 1 aromatic carbocycles. The van der Waals surface area contributed by atoms with Crippen molar-refractivity contribution in [3.8, 4) is 0 Å². The second-order valence-electron chi connectivity index (χ2n) is 4.06. The van der Waals surface area contributed by atoms with E-state index in [9.17, 15) is 9.90 Å². The summed E-state index contributed by atoms with van der Waals surface area (Å²) in [5.74, 6) is -1.24. The van der Waals surface area contributed by atoms with Crippen molar-refractivity contribution in [3.05, 3.63) is 35.4 Å². The summed E-state index contributed by atoms with van der Waals surface area (Å²) in [5.41, 5.74) is 1.08. The van der Waals surface area contributed by atoms with Gasteiger partial charge < -0.3 is 14.9 Å².